The van der Waals surface area contributed by atoms with Crippen LogP contribution in [0.5, 0.6) is 5.75 Å². The van der Waals surface area contributed by atoms with Crippen molar-refractivity contribution in [2.45, 2.75) is 18.5 Å². The van der Waals surface area contributed by atoms with Gasteiger partial charge in [-0.1, -0.05) is 0 Å². The van der Waals surface area contributed by atoms with E-state index in [0.29, 0.717) is 18.0 Å². The molecule has 1 amide bonds. The van der Waals surface area contributed by atoms with Crippen molar-refractivity contribution in [1.29, 1.82) is 0 Å². The van der Waals surface area contributed by atoms with Crippen LogP contribution in [-0.4, -0.2) is 76.8 Å². The Balaban J connectivity index is 0.000000569. The van der Waals surface area contributed by atoms with Gasteiger partial charge in [-0.3, -0.25) is 19.6 Å². The molecule has 2 saturated heterocycles. The monoisotopic (exact) mass is 350 g/mol. The van der Waals surface area contributed by atoms with E-state index in [1.54, 1.807) is 6.07 Å². The number of rotatable bonds is 2. The third-order valence-electron chi connectivity index (χ3n) is 4.84. The average molecular weight is 350 g/mol. The van der Waals surface area contributed by atoms with Crippen LogP contribution in [0.2, 0.25) is 0 Å². The summed E-state index contributed by atoms with van der Waals surface area (Å²) in [5, 5.41) is 14.1. The van der Waals surface area contributed by atoms with Crippen LogP contribution in [0.1, 0.15) is 16.9 Å². The van der Waals surface area contributed by atoms with E-state index in [1.165, 1.54) is 13.2 Å². The Hall–Kier alpha value is -2.68. The van der Waals surface area contributed by atoms with E-state index >= 15 is 0 Å². The zero-order valence-electron chi connectivity index (χ0n) is 13.9. The second-order valence-electron chi connectivity index (χ2n) is 6.12. The number of halogens is 1. The number of likely N-dealkylation sites (tertiary alicyclic amines) is 2. The number of nitrogens with zero attached hydrogens (tertiary/aromatic N) is 3. The van der Waals surface area contributed by atoms with Crippen molar-refractivity contribution in [1.82, 2.24) is 20.0 Å². The molecule has 1 aromatic heterocycles. The van der Waals surface area contributed by atoms with Gasteiger partial charge in [0.2, 0.25) is 0 Å². The molecule has 2 atom stereocenters. The minimum atomic E-state index is -0.519. The molecule has 2 bridgehead atoms. The molecule has 0 spiro atoms. The molecule has 0 aliphatic carbocycles. The molecule has 2 aromatic rings. The SMILES string of the molecule is COc1ccc2c(C(=O)N3C[C@@H]4C[C@H]3CN4C)n[nH]c2c1F.O=CO. The Morgan fingerprint density at radius 2 is 2.16 bits per heavy atom. The number of hydrogen-bond donors (Lipinski definition) is 2. The third kappa shape index (κ3) is 2.80. The van der Waals surface area contributed by atoms with Crippen LogP contribution in [-0.2, 0) is 4.79 Å². The number of nitrogens with one attached hydrogen (secondary N) is 1. The van der Waals surface area contributed by atoms with Gasteiger partial charge in [0.15, 0.2) is 17.3 Å². The summed E-state index contributed by atoms with van der Waals surface area (Å²) in [7, 11) is 3.49. The number of methoxy groups -OCH3 is 1. The fourth-order valence-corrected chi connectivity index (χ4v) is 3.61. The number of piperazine rings is 1. The largest absolute Gasteiger partial charge is 0.494 e. The number of benzene rings is 1. The van der Waals surface area contributed by atoms with Crippen LogP contribution >= 0.6 is 0 Å². The van der Waals surface area contributed by atoms with E-state index < -0.39 is 5.82 Å². The number of H-pyrrole nitrogens is 1. The van der Waals surface area contributed by atoms with Crippen LogP contribution in [0, 0.1) is 5.82 Å². The summed E-state index contributed by atoms with van der Waals surface area (Å²) in [5.41, 5.74) is 0.496. The lowest BCUT2D eigenvalue weighted by Crippen LogP contribution is -2.47. The van der Waals surface area contributed by atoms with Crippen LogP contribution in [0.4, 0.5) is 4.39 Å². The fraction of sp³-hybridized carbons (Fsp3) is 0.438. The van der Waals surface area contributed by atoms with Crippen LogP contribution in [0.25, 0.3) is 10.9 Å². The number of ether oxygens (including phenoxy) is 1. The van der Waals surface area contributed by atoms with E-state index in [2.05, 4.69) is 22.1 Å². The molecule has 3 heterocycles. The fourth-order valence-electron chi connectivity index (χ4n) is 3.61. The number of carbonyl (C=O) groups excluding carboxylic acids is 1. The molecule has 2 aliphatic rings. The van der Waals surface area contributed by atoms with Crippen molar-refractivity contribution >= 4 is 23.3 Å². The average Bonchev–Trinajstić information content (AvgIpc) is 3.28. The maximum atomic E-state index is 14.2. The summed E-state index contributed by atoms with van der Waals surface area (Å²) >= 11 is 0. The molecule has 1 aromatic carbocycles. The second-order valence-corrected chi connectivity index (χ2v) is 6.12. The first-order valence-corrected chi connectivity index (χ1v) is 7.81. The van der Waals surface area contributed by atoms with E-state index in [9.17, 15) is 9.18 Å². The summed E-state index contributed by atoms with van der Waals surface area (Å²) in [5.74, 6) is -0.511. The molecule has 0 radical (unpaired) electrons. The molecule has 134 valence electrons. The number of hydrogen-bond acceptors (Lipinski definition) is 5. The van der Waals surface area contributed by atoms with Crippen molar-refractivity contribution in [3.63, 3.8) is 0 Å². The highest BCUT2D eigenvalue weighted by Crippen LogP contribution is 2.32. The summed E-state index contributed by atoms with van der Waals surface area (Å²) in [4.78, 5) is 25.3. The zero-order chi connectivity index (χ0) is 18.1. The van der Waals surface area contributed by atoms with Crippen molar-refractivity contribution in [3.8, 4) is 5.75 Å². The molecule has 4 rings (SSSR count). The number of amides is 1. The Bertz CT molecular complexity index is 807. The van der Waals surface area contributed by atoms with Crippen LogP contribution in [0.3, 0.4) is 0 Å². The van der Waals surface area contributed by atoms with Crippen molar-refractivity contribution in [2.75, 3.05) is 27.2 Å². The molecule has 0 saturated carbocycles. The number of aromatic amines is 1. The highest BCUT2D eigenvalue weighted by atomic mass is 19.1. The Kier molecular flexibility index (Phi) is 4.58. The van der Waals surface area contributed by atoms with Crippen molar-refractivity contribution in [2.24, 2.45) is 0 Å². The van der Waals surface area contributed by atoms with Gasteiger partial charge < -0.3 is 14.7 Å². The van der Waals surface area contributed by atoms with Gasteiger partial charge in [-0.2, -0.15) is 5.10 Å². The normalized spacial score (nSPS) is 22.0. The van der Waals surface area contributed by atoms with Gasteiger partial charge in [-0.25, -0.2) is 4.39 Å². The maximum absolute atomic E-state index is 14.2. The number of carbonyl (C=O) groups is 2. The molecule has 9 heteroatoms. The summed E-state index contributed by atoms with van der Waals surface area (Å²) in [6.07, 6.45) is 1.01. The van der Waals surface area contributed by atoms with Gasteiger partial charge in [-0.05, 0) is 25.6 Å². The van der Waals surface area contributed by atoms with Gasteiger partial charge in [0.1, 0.15) is 5.52 Å². The van der Waals surface area contributed by atoms with Gasteiger partial charge in [-0.15, -0.1) is 0 Å². The number of aromatic nitrogens is 2. The number of likely N-dealkylation sites (N-methyl/N-ethyl adjacent to an activating group) is 1. The predicted octanol–water partition coefficient (Wildman–Crippen LogP) is 0.940. The van der Waals surface area contributed by atoms with Gasteiger partial charge in [0.25, 0.3) is 12.4 Å². The standard InChI is InChI=1S/C15H17FN4O2.CH2O2/c1-19-6-9-5-8(19)7-20(9)15(21)14-10-3-4-11(22-2)12(16)13(10)17-18-14;2-1-3/h3-4,8-9H,5-7H2,1-2H3,(H,17,18);1H,(H,2,3)/t8-,9-;/m0./s1. The summed E-state index contributed by atoms with van der Waals surface area (Å²) < 4.78 is 19.1. The topological polar surface area (TPSA) is 98.8 Å². The molecule has 2 N–H and O–H groups in total. The molecular weight excluding hydrogens is 331 g/mol. The lowest BCUT2D eigenvalue weighted by molar-refractivity contribution is -0.122. The van der Waals surface area contributed by atoms with E-state index in [4.69, 9.17) is 14.6 Å². The lowest BCUT2D eigenvalue weighted by atomic mass is 10.1. The molecule has 2 aliphatic heterocycles. The highest BCUT2D eigenvalue weighted by molar-refractivity contribution is 6.05. The Morgan fingerprint density at radius 3 is 2.72 bits per heavy atom. The van der Waals surface area contributed by atoms with E-state index in [1.807, 2.05) is 4.90 Å². The number of carboxylic acid groups (broad SMARTS) is 1. The van der Waals surface area contributed by atoms with Crippen molar-refractivity contribution < 1.29 is 23.8 Å². The Labute approximate surface area is 143 Å². The molecule has 25 heavy (non-hydrogen) atoms. The first kappa shape index (κ1) is 17.2. The van der Waals surface area contributed by atoms with Gasteiger partial charge >= 0.3 is 0 Å². The van der Waals surface area contributed by atoms with Crippen molar-refractivity contribution in [3.05, 3.63) is 23.6 Å². The first-order chi connectivity index (χ1) is 12.0. The number of fused-ring (bicyclic) bond motifs is 3. The van der Waals surface area contributed by atoms with E-state index in [-0.39, 0.29) is 35.4 Å². The second kappa shape index (κ2) is 6.67. The smallest absolute Gasteiger partial charge is 0.290 e. The minimum absolute atomic E-state index is 0.128. The van der Waals surface area contributed by atoms with Gasteiger partial charge in [0.05, 0.1) is 7.11 Å². The highest BCUT2D eigenvalue weighted by Gasteiger charge is 2.44. The molecule has 2 fully saturated rings. The van der Waals surface area contributed by atoms with Crippen LogP contribution < -0.4 is 4.74 Å². The Morgan fingerprint density at radius 1 is 1.44 bits per heavy atom. The van der Waals surface area contributed by atoms with Crippen LogP contribution in [0.15, 0.2) is 12.1 Å². The molecule has 8 nitrogen and oxygen atoms in total. The third-order valence-corrected chi connectivity index (χ3v) is 4.84. The van der Waals surface area contributed by atoms with E-state index in [0.717, 1.165) is 13.0 Å². The first-order valence-electron chi connectivity index (χ1n) is 7.81. The molecular formula is C16H19FN4O4. The van der Waals surface area contributed by atoms with Gasteiger partial charge in [0, 0.05) is 30.6 Å². The quantitative estimate of drug-likeness (QED) is 0.782. The maximum Gasteiger partial charge on any atom is 0.290 e. The minimum Gasteiger partial charge on any atom is -0.494 e. The lowest BCUT2D eigenvalue weighted by Gasteiger charge is -2.31. The molecule has 0 unspecified atom stereocenters. The predicted molar refractivity (Wildman–Crippen MR) is 87.2 cm³/mol. The summed E-state index contributed by atoms with van der Waals surface area (Å²) in [6, 6.07) is 3.86. The zero-order valence-corrected chi connectivity index (χ0v) is 13.9. The summed E-state index contributed by atoms with van der Waals surface area (Å²) in [6.45, 7) is 1.36.